The molecule has 0 fully saturated rings. The largest absolute Gasteiger partial charge is 0.380 e. The summed E-state index contributed by atoms with van der Waals surface area (Å²) in [5.41, 5.74) is 2.28. The van der Waals surface area contributed by atoms with Crippen molar-refractivity contribution in [1.29, 1.82) is 0 Å². The summed E-state index contributed by atoms with van der Waals surface area (Å²) in [6.45, 7) is 4.12. The van der Waals surface area contributed by atoms with Gasteiger partial charge in [-0.15, -0.1) is 11.3 Å². The first-order chi connectivity index (χ1) is 9.20. The number of hydrogen-bond acceptors (Lipinski definition) is 3. The zero-order valence-electron chi connectivity index (χ0n) is 10.6. The Morgan fingerprint density at radius 3 is 2.84 bits per heavy atom. The molecule has 0 atom stereocenters. The van der Waals surface area contributed by atoms with Crippen LogP contribution in [0.15, 0.2) is 34.8 Å². The highest BCUT2D eigenvalue weighted by Gasteiger charge is 2.06. The summed E-state index contributed by atoms with van der Waals surface area (Å²) in [6, 6.07) is 10.2. The molecule has 0 radical (unpaired) electrons. The smallest absolute Gasteiger partial charge is 0.107 e. The summed E-state index contributed by atoms with van der Waals surface area (Å²) in [4.78, 5) is 1.20. The summed E-state index contributed by atoms with van der Waals surface area (Å²) in [5.74, 6) is 0. The van der Waals surface area contributed by atoms with Gasteiger partial charge in [0.25, 0.3) is 0 Å². The lowest BCUT2D eigenvalue weighted by atomic mass is 10.2. The minimum Gasteiger partial charge on any atom is -0.380 e. The Morgan fingerprint density at radius 1 is 1.37 bits per heavy atom. The lowest BCUT2D eigenvalue weighted by Gasteiger charge is -2.11. The van der Waals surface area contributed by atoms with Crippen LogP contribution in [0.25, 0.3) is 0 Å². The van der Waals surface area contributed by atoms with Gasteiger partial charge in [0.15, 0.2) is 0 Å². The summed E-state index contributed by atoms with van der Waals surface area (Å²) < 4.78 is 7.22. The first-order valence-electron chi connectivity index (χ1n) is 6.04. The van der Waals surface area contributed by atoms with E-state index >= 15 is 0 Å². The fourth-order valence-corrected chi connectivity index (χ4v) is 3.42. The summed E-state index contributed by atoms with van der Waals surface area (Å²) in [5, 5.41) is 3.43. The van der Waals surface area contributed by atoms with E-state index in [0.29, 0.717) is 6.61 Å². The first kappa shape index (κ1) is 14.9. The van der Waals surface area contributed by atoms with Gasteiger partial charge >= 0.3 is 0 Å². The van der Waals surface area contributed by atoms with E-state index in [9.17, 15) is 0 Å². The Kier molecular flexibility index (Phi) is 5.70. The molecular formula is C14H15BrClNOS. The predicted octanol–water partition coefficient (Wildman–Crippen LogP) is 5.31. The second kappa shape index (κ2) is 7.29. The van der Waals surface area contributed by atoms with Gasteiger partial charge < -0.3 is 10.1 Å². The van der Waals surface area contributed by atoms with Gasteiger partial charge in [-0.05, 0) is 35.0 Å². The fraction of sp³-hybridized carbons (Fsp3) is 0.286. The molecule has 1 aromatic carbocycles. The Labute approximate surface area is 130 Å². The van der Waals surface area contributed by atoms with Crippen LogP contribution in [0.4, 0.5) is 5.69 Å². The van der Waals surface area contributed by atoms with Gasteiger partial charge in [-0.2, -0.15) is 0 Å². The highest BCUT2D eigenvalue weighted by atomic mass is 79.9. The van der Waals surface area contributed by atoms with E-state index in [2.05, 4.69) is 33.4 Å². The van der Waals surface area contributed by atoms with Crippen molar-refractivity contribution in [3.63, 3.8) is 0 Å². The molecule has 0 unspecified atom stereocenters. The number of nitrogens with one attached hydrogen (secondary N) is 1. The van der Waals surface area contributed by atoms with E-state index in [1.807, 2.05) is 25.1 Å². The van der Waals surface area contributed by atoms with E-state index in [1.54, 1.807) is 11.3 Å². The Bertz CT molecular complexity index is 524. The fourth-order valence-electron chi connectivity index (χ4n) is 1.69. The second-order valence-corrected chi connectivity index (χ2v) is 6.58. The molecule has 102 valence electrons. The van der Waals surface area contributed by atoms with Crippen LogP contribution < -0.4 is 5.32 Å². The molecule has 1 N–H and O–H groups in total. The predicted molar refractivity (Wildman–Crippen MR) is 86.1 cm³/mol. The van der Waals surface area contributed by atoms with Crippen LogP contribution in [0.5, 0.6) is 0 Å². The van der Waals surface area contributed by atoms with Gasteiger partial charge in [-0.1, -0.05) is 29.8 Å². The molecule has 5 heteroatoms. The lowest BCUT2D eigenvalue weighted by molar-refractivity contribution is 0.134. The van der Waals surface area contributed by atoms with Crippen molar-refractivity contribution in [3.05, 3.63) is 49.6 Å². The topological polar surface area (TPSA) is 21.3 Å². The van der Waals surface area contributed by atoms with E-state index in [1.165, 1.54) is 10.4 Å². The Morgan fingerprint density at radius 2 is 2.16 bits per heavy atom. The Hall–Kier alpha value is -0.550. The molecule has 2 aromatic rings. The van der Waals surface area contributed by atoms with Crippen molar-refractivity contribution in [2.45, 2.75) is 20.1 Å². The van der Waals surface area contributed by atoms with Crippen LogP contribution >= 0.6 is 38.9 Å². The molecule has 0 bridgehead atoms. The first-order valence-corrected chi connectivity index (χ1v) is 8.02. The number of ether oxygens (including phenoxy) is 1. The number of anilines is 1. The molecule has 0 spiro atoms. The van der Waals surface area contributed by atoms with Crippen molar-refractivity contribution >= 4 is 44.6 Å². The van der Waals surface area contributed by atoms with Gasteiger partial charge in [-0.3, -0.25) is 0 Å². The van der Waals surface area contributed by atoms with Crippen molar-refractivity contribution in [3.8, 4) is 0 Å². The molecule has 0 aliphatic carbocycles. The minimum atomic E-state index is 0.633. The summed E-state index contributed by atoms with van der Waals surface area (Å²) >= 11 is 11.0. The minimum absolute atomic E-state index is 0.633. The molecule has 2 rings (SSSR count). The lowest BCUT2D eigenvalue weighted by Crippen LogP contribution is -2.02. The van der Waals surface area contributed by atoms with Crippen LogP contribution in [0.1, 0.15) is 17.4 Å². The molecule has 1 heterocycles. The number of thiophene rings is 1. The molecule has 0 amide bonds. The average Bonchev–Trinajstić information content (AvgIpc) is 2.74. The maximum Gasteiger partial charge on any atom is 0.107 e. The molecule has 0 aliphatic heterocycles. The van der Waals surface area contributed by atoms with Gasteiger partial charge in [0, 0.05) is 33.8 Å². The average molecular weight is 361 g/mol. The van der Waals surface area contributed by atoms with E-state index in [0.717, 1.165) is 27.6 Å². The van der Waals surface area contributed by atoms with Crippen molar-refractivity contribution in [1.82, 2.24) is 0 Å². The van der Waals surface area contributed by atoms with E-state index in [4.69, 9.17) is 16.3 Å². The Balaban J connectivity index is 2.02. The highest BCUT2D eigenvalue weighted by molar-refractivity contribution is 9.10. The number of halogens is 2. The zero-order valence-corrected chi connectivity index (χ0v) is 13.7. The highest BCUT2D eigenvalue weighted by Crippen LogP contribution is 2.32. The number of benzene rings is 1. The number of para-hydroxylation sites is 1. The molecular weight excluding hydrogens is 346 g/mol. The SMILES string of the molecule is CCOCc1ccccc1NCc1cc(Br)c(Cl)s1. The normalized spacial score (nSPS) is 10.7. The van der Waals surface area contributed by atoms with E-state index in [-0.39, 0.29) is 0 Å². The van der Waals surface area contributed by atoms with Crippen LogP contribution in [-0.2, 0) is 17.9 Å². The monoisotopic (exact) mass is 359 g/mol. The van der Waals surface area contributed by atoms with Gasteiger partial charge in [-0.25, -0.2) is 0 Å². The van der Waals surface area contributed by atoms with Crippen molar-refractivity contribution in [2.24, 2.45) is 0 Å². The van der Waals surface area contributed by atoms with E-state index < -0.39 is 0 Å². The maximum absolute atomic E-state index is 6.03. The van der Waals surface area contributed by atoms with Crippen LogP contribution in [0.3, 0.4) is 0 Å². The van der Waals surface area contributed by atoms with Crippen molar-refractivity contribution in [2.75, 3.05) is 11.9 Å². The molecule has 0 aliphatic rings. The third-order valence-electron chi connectivity index (χ3n) is 2.63. The van der Waals surface area contributed by atoms with Crippen LogP contribution in [0.2, 0.25) is 4.34 Å². The summed E-state index contributed by atoms with van der Waals surface area (Å²) in [7, 11) is 0. The quantitative estimate of drug-likeness (QED) is 0.753. The number of rotatable bonds is 6. The molecule has 0 saturated heterocycles. The van der Waals surface area contributed by atoms with Crippen molar-refractivity contribution < 1.29 is 4.74 Å². The third-order valence-corrected chi connectivity index (χ3v) is 5.10. The maximum atomic E-state index is 6.03. The number of hydrogen-bond donors (Lipinski definition) is 1. The molecule has 1 aromatic heterocycles. The van der Waals surface area contributed by atoms with Gasteiger partial charge in [0.05, 0.1) is 6.61 Å². The zero-order chi connectivity index (χ0) is 13.7. The summed E-state index contributed by atoms with van der Waals surface area (Å²) in [6.07, 6.45) is 0. The molecule has 0 saturated carbocycles. The standard InChI is InChI=1S/C14H15BrClNOS/c1-2-18-9-10-5-3-4-6-13(10)17-8-11-7-12(15)14(16)19-11/h3-7,17H,2,8-9H2,1H3. The third kappa shape index (κ3) is 4.21. The molecule has 19 heavy (non-hydrogen) atoms. The van der Waals surface area contributed by atoms with Gasteiger partial charge in [0.1, 0.15) is 4.34 Å². The van der Waals surface area contributed by atoms with Crippen LogP contribution in [-0.4, -0.2) is 6.61 Å². The van der Waals surface area contributed by atoms with Crippen LogP contribution in [0, 0.1) is 0 Å². The second-order valence-electron chi connectivity index (χ2n) is 3.98. The van der Waals surface area contributed by atoms with Gasteiger partial charge in [0.2, 0.25) is 0 Å². The molecule has 2 nitrogen and oxygen atoms in total.